The summed E-state index contributed by atoms with van der Waals surface area (Å²) in [5.41, 5.74) is -0.500. The van der Waals surface area contributed by atoms with E-state index in [9.17, 15) is 0 Å². The van der Waals surface area contributed by atoms with Gasteiger partial charge >= 0.3 is 58.2 Å². The van der Waals surface area contributed by atoms with Crippen molar-refractivity contribution in [3.8, 4) is 0 Å². The summed E-state index contributed by atoms with van der Waals surface area (Å²) in [6.07, 6.45) is 0. The minimum absolute atomic E-state index is 0. The summed E-state index contributed by atoms with van der Waals surface area (Å²) in [5, 5.41) is 8.52. The number of rotatable bonds is 0. The summed E-state index contributed by atoms with van der Waals surface area (Å²) in [6.45, 7) is 5.23. The average Bonchev–Trinajstić information content (AvgIpc) is 0.722. The zero-order chi connectivity index (χ0) is 4.50. The first-order valence-electron chi connectivity index (χ1n) is 1.72. The van der Waals surface area contributed by atoms with Crippen LogP contribution in [0.2, 0.25) is 0 Å². The summed E-state index contributed by atoms with van der Waals surface area (Å²) < 4.78 is 0. The Morgan fingerprint density at radius 2 is 1.33 bits per heavy atom. The SMILES string of the molecule is CC(C)(C)O.[H-].[Rb+]. The summed E-state index contributed by atoms with van der Waals surface area (Å²) in [5.74, 6) is 0. The Bertz CT molecular complexity index is 27.2. The smallest absolute Gasteiger partial charge is 1.00 e. The molecule has 0 spiro atoms. The Balaban J connectivity index is -0.0000000800. The zero-order valence-corrected chi connectivity index (χ0v) is 9.86. The molecule has 1 N–H and O–H groups in total. The van der Waals surface area contributed by atoms with E-state index < -0.39 is 5.60 Å². The van der Waals surface area contributed by atoms with Gasteiger partial charge in [0.25, 0.3) is 0 Å². The molecule has 0 aliphatic rings. The standard InChI is InChI=1S/C4H10O.Rb.H/c1-4(2,3)5;;/h5H,1-3H3;;/q;+1;-1. The van der Waals surface area contributed by atoms with Crippen LogP contribution in [0.3, 0.4) is 0 Å². The molecule has 0 fully saturated rings. The molecule has 0 rings (SSSR count). The molecule has 0 atom stereocenters. The second-order valence-corrected chi connectivity index (χ2v) is 2.17. The molecule has 0 aromatic heterocycles. The van der Waals surface area contributed by atoms with E-state index in [1.165, 1.54) is 0 Å². The zero-order valence-electron chi connectivity index (χ0n) is 5.95. The normalized spacial score (nSPS) is 10.0. The molecule has 34 valence electrons. The Kier molecular flexibility index (Phi) is 6.65. The van der Waals surface area contributed by atoms with E-state index in [1.807, 2.05) is 0 Å². The predicted octanol–water partition coefficient (Wildman–Crippen LogP) is -2.11. The van der Waals surface area contributed by atoms with Crippen molar-refractivity contribution in [1.82, 2.24) is 0 Å². The molecule has 0 saturated heterocycles. The van der Waals surface area contributed by atoms with Crippen LogP contribution in [0.25, 0.3) is 0 Å². The van der Waals surface area contributed by atoms with Gasteiger partial charge in [0.05, 0.1) is 5.60 Å². The first-order chi connectivity index (χ1) is 2.00. The van der Waals surface area contributed by atoms with Crippen LogP contribution in [0.5, 0.6) is 0 Å². The molecule has 0 bridgehead atoms. The Hall–Kier alpha value is 1.77. The van der Waals surface area contributed by atoms with Crippen molar-refractivity contribution in [2.75, 3.05) is 0 Å². The molecular formula is C4H11ORb. The van der Waals surface area contributed by atoms with E-state index in [2.05, 4.69) is 0 Å². The van der Waals surface area contributed by atoms with Gasteiger partial charge in [0.2, 0.25) is 0 Å². The third-order valence-corrected chi connectivity index (χ3v) is 0. The molecule has 1 nitrogen and oxygen atoms in total. The first kappa shape index (κ1) is 10.7. The maximum absolute atomic E-state index is 8.52. The van der Waals surface area contributed by atoms with E-state index >= 15 is 0 Å². The van der Waals surface area contributed by atoms with Gasteiger partial charge in [-0.2, -0.15) is 0 Å². The molecule has 0 aliphatic carbocycles. The number of hydrogen-bond donors (Lipinski definition) is 1. The van der Waals surface area contributed by atoms with Crippen molar-refractivity contribution < 1.29 is 64.7 Å². The largest absolute Gasteiger partial charge is 1.00 e. The first-order valence-corrected chi connectivity index (χ1v) is 1.72. The van der Waals surface area contributed by atoms with Crippen LogP contribution < -0.4 is 58.2 Å². The van der Waals surface area contributed by atoms with Crippen molar-refractivity contribution in [3.63, 3.8) is 0 Å². The van der Waals surface area contributed by atoms with Crippen LogP contribution in [0.4, 0.5) is 0 Å². The molecule has 0 saturated carbocycles. The second kappa shape index (κ2) is 3.73. The summed E-state index contributed by atoms with van der Waals surface area (Å²) >= 11 is 0. The summed E-state index contributed by atoms with van der Waals surface area (Å²) in [4.78, 5) is 0. The number of hydrogen-bond acceptors (Lipinski definition) is 1. The van der Waals surface area contributed by atoms with Gasteiger partial charge in [0.15, 0.2) is 0 Å². The molecular weight excluding hydrogens is 150 g/mol. The van der Waals surface area contributed by atoms with Gasteiger partial charge < -0.3 is 6.53 Å². The van der Waals surface area contributed by atoms with Crippen LogP contribution in [0.15, 0.2) is 0 Å². The maximum Gasteiger partial charge on any atom is 1.00 e. The predicted molar refractivity (Wildman–Crippen MR) is 23.1 cm³/mol. The van der Waals surface area contributed by atoms with Gasteiger partial charge in [-0.05, 0) is 20.8 Å². The van der Waals surface area contributed by atoms with Gasteiger partial charge in [0, 0.05) is 0 Å². The van der Waals surface area contributed by atoms with Gasteiger partial charge in [0.1, 0.15) is 0 Å². The van der Waals surface area contributed by atoms with Crippen LogP contribution in [-0.4, -0.2) is 10.7 Å². The van der Waals surface area contributed by atoms with E-state index in [1.54, 1.807) is 20.8 Å². The van der Waals surface area contributed by atoms with Crippen LogP contribution >= 0.6 is 0 Å². The molecule has 6 heavy (non-hydrogen) atoms. The molecule has 0 aromatic carbocycles. The number of aliphatic hydroxyl groups is 1. The monoisotopic (exact) mass is 160 g/mol. The van der Waals surface area contributed by atoms with Gasteiger partial charge in [-0.15, -0.1) is 0 Å². The minimum atomic E-state index is -0.500. The fourth-order valence-corrected chi connectivity index (χ4v) is 0. The van der Waals surface area contributed by atoms with Crippen molar-refractivity contribution in [2.45, 2.75) is 26.4 Å². The van der Waals surface area contributed by atoms with E-state index in [0.29, 0.717) is 0 Å². The maximum atomic E-state index is 8.52. The summed E-state index contributed by atoms with van der Waals surface area (Å²) in [6, 6.07) is 0. The Morgan fingerprint density at radius 3 is 1.33 bits per heavy atom. The fourth-order valence-electron chi connectivity index (χ4n) is 0. The summed E-state index contributed by atoms with van der Waals surface area (Å²) in [7, 11) is 0. The van der Waals surface area contributed by atoms with Crippen LogP contribution in [0.1, 0.15) is 22.2 Å². The van der Waals surface area contributed by atoms with E-state index in [4.69, 9.17) is 5.11 Å². The molecule has 0 radical (unpaired) electrons. The third kappa shape index (κ3) is 42.0. The molecule has 0 unspecified atom stereocenters. The quantitative estimate of drug-likeness (QED) is 0.430. The third-order valence-electron chi connectivity index (χ3n) is 0. The fraction of sp³-hybridized carbons (Fsp3) is 1.00. The van der Waals surface area contributed by atoms with E-state index in [-0.39, 0.29) is 59.6 Å². The van der Waals surface area contributed by atoms with Crippen molar-refractivity contribution in [2.24, 2.45) is 0 Å². The van der Waals surface area contributed by atoms with Gasteiger partial charge in [-0.3, -0.25) is 0 Å². The van der Waals surface area contributed by atoms with Crippen molar-refractivity contribution in [1.29, 1.82) is 0 Å². The topological polar surface area (TPSA) is 20.2 Å². The van der Waals surface area contributed by atoms with Crippen molar-refractivity contribution in [3.05, 3.63) is 0 Å². The molecule has 0 amide bonds. The second-order valence-electron chi connectivity index (χ2n) is 2.17. The molecule has 0 aliphatic heterocycles. The van der Waals surface area contributed by atoms with Crippen molar-refractivity contribution >= 4 is 0 Å². The van der Waals surface area contributed by atoms with Crippen LogP contribution in [0, 0.1) is 0 Å². The molecule has 0 heterocycles. The van der Waals surface area contributed by atoms with E-state index in [0.717, 1.165) is 0 Å². The minimum Gasteiger partial charge on any atom is -1.00 e. The molecule has 2 heteroatoms. The molecule has 0 aromatic rings. The Labute approximate surface area is 89.4 Å². The average molecular weight is 161 g/mol. The Morgan fingerprint density at radius 1 is 1.33 bits per heavy atom. The van der Waals surface area contributed by atoms with Crippen LogP contribution in [-0.2, 0) is 0 Å². The van der Waals surface area contributed by atoms with Gasteiger partial charge in [-0.25, -0.2) is 0 Å². The van der Waals surface area contributed by atoms with Gasteiger partial charge in [-0.1, -0.05) is 0 Å².